The summed E-state index contributed by atoms with van der Waals surface area (Å²) in [5, 5.41) is 4.89. The SMILES string of the molecule is c1ccc([C@@H](Cc2ccccn2)NCc2cccc3cccnc23)cc1. The van der Waals surface area contributed by atoms with Crippen LogP contribution in [0.3, 0.4) is 0 Å². The van der Waals surface area contributed by atoms with Crippen molar-refractivity contribution in [1.82, 2.24) is 15.3 Å². The Labute approximate surface area is 153 Å². The molecule has 3 nitrogen and oxygen atoms in total. The Kier molecular flexibility index (Phi) is 4.99. The Hall–Kier alpha value is -3.04. The Morgan fingerprint density at radius 1 is 0.731 bits per heavy atom. The predicted molar refractivity (Wildman–Crippen MR) is 106 cm³/mol. The first kappa shape index (κ1) is 16.4. The van der Waals surface area contributed by atoms with E-state index < -0.39 is 0 Å². The number of hydrogen-bond acceptors (Lipinski definition) is 3. The van der Waals surface area contributed by atoms with Gasteiger partial charge in [-0.1, -0.05) is 60.7 Å². The number of fused-ring (bicyclic) bond motifs is 1. The smallest absolute Gasteiger partial charge is 0.0746 e. The van der Waals surface area contributed by atoms with Crippen molar-refractivity contribution < 1.29 is 0 Å². The fourth-order valence-electron chi connectivity index (χ4n) is 3.26. The summed E-state index contributed by atoms with van der Waals surface area (Å²) in [4.78, 5) is 9.06. The first-order chi connectivity index (χ1) is 12.9. The van der Waals surface area contributed by atoms with Crippen molar-refractivity contribution >= 4 is 10.9 Å². The third kappa shape index (κ3) is 3.79. The molecule has 0 spiro atoms. The lowest BCUT2D eigenvalue weighted by Gasteiger charge is -2.19. The van der Waals surface area contributed by atoms with Crippen LogP contribution in [0.4, 0.5) is 0 Å². The van der Waals surface area contributed by atoms with E-state index in [4.69, 9.17) is 0 Å². The maximum atomic E-state index is 4.56. The maximum Gasteiger partial charge on any atom is 0.0746 e. The number of hydrogen-bond donors (Lipinski definition) is 1. The fourth-order valence-corrected chi connectivity index (χ4v) is 3.26. The summed E-state index contributed by atoms with van der Waals surface area (Å²) in [6.45, 7) is 0.765. The summed E-state index contributed by atoms with van der Waals surface area (Å²) in [6, 6.07) is 27.3. The first-order valence-corrected chi connectivity index (χ1v) is 8.91. The van der Waals surface area contributed by atoms with Gasteiger partial charge in [0.05, 0.1) is 5.52 Å². The molecule has 2 aromatic carbocycles. The van der Waals surface area contributed by atoms with Crippen molar-refractivity contribution in [2.24, 2.45) is 0 Å². The average Bonchev–Trinajstić information content (AvgIpc) is 2.72. The van der Waals surface area contributed by atoms with Crippen LogP contribution in [0, 0.1) is 0 Å². The van der Waals surface area contributed by atoms with Gasteiger partial charge in [0.2, 0.25) is 0 Å². The van der Waals surface area contributed by atoms with Crippen LogP contribution in [0.1, 0.15) is 22.9 Å². The molecular formula is C23H21N3. The standard InChI is InChI=1S/C23H21N3/c1-2-8-18(9-3-1)22(16-21-13-4-5-14-24-21)26-17-20-11-6-10-19-12-7-15-25-23(19)20/h1-15,22,26H,16-17H2/t22-/m1/s1. The van der Waals surface area contributed by atoms with Gasteiger partial charge in [-0.3, -0.25) is 9.97 Å². The van der Waals surface area contributed by atoms with Crippen LogP contribution in [0.15, 0.2) is 91.3 Å². The van der Waals surface area contributed by atoms with Crippen molar-refractivity contribution in [3.05, 3.63) is 108 Å². The van der Waals surface area contributed by atoms with Gasteiger partial charge in [0.1, 0.15) is 0 Å². The van der Waals surface area contributed by atoms with E-state index in [1.807, 2.05) is 30.6 Å². The van der Waals surface area contributed by atoms with Gasteiger partial charge in [-0.25, -0.2) is 0 Å². The third-order valence-corrected chi connectivity index (χ3v) is 4.60. The molecule has 0 aliphatic heterocycles. The van der Waals surface area contributed by atoms with E-state index >= 15 is 0 Å². The maximum absolute atomic E-state index is 4.56. The van der Waals surface area contributed by atoms with Crippen molar-refractivity contribution in [3.63, 3.8) is 0 Å². The van der Waals surface area contributed by atoms with Gasteiger partial charge < -0.3 is 5.32 Å². The largest absolute Gasteiger partial charge is 0.305 e. The molecular weight excluding hydrogens is 318 g/mol. The Morgan fingerprint density at radius 2 is 1.54 bits per heavy atom. The number of aromatic nitrogens is 2. The summed E-state index contributed by atoms with van der Waals surface area (Å²) in [5.41, 5.74) is 4.63. The molecule has 128 valence electrons. The van der Waals surface area contributed by atoms with Crippen LogP contribution in [0.25, 0.3) is 10.9 Å². The molecule has 4 rings (SSSR count). The summed E-state index contributed by atoms with van der Waals surface area (Å²) >= 11 is 0. The second kappa shape index (κ2) is 7.89. The highest BCUT2D eigenvalue weighted by molar-refractivity contribution is 5.81. The van der Waals surface area contributed by atoms with Gasteiger partial charge in [-0.15, -0.1) is 0 Å². The topological polar surface area (TPSA) is 37.8 Å². The van der Waals surface area contributed by atoms with Crippen LogP contribution < -0.4 is 5.32 Å². The van der Waals surface area contributed by atoms with Crippen LogP contribution in [0.5, 0.6) is 0 Å². The monoisotopic (exact) mass is 339 g/mol. The molecule has 0 unspecified atom stereocenters. The highest BCUT2D eigenvalue weighted by atomic mass is 14.9. The van der Waals surface area contributed by atoms with Crippen molar-refractivity contribution in [2.45, 2.75) is 19.0 Å². The molecule has 4 aromatic rings. The minimum atomic E-state index is 0.199. The molecule has 3 heteroatoms. The molecule has 2 aromatic heterocycles. The number of rotatable bonds is 6. The van der Waals surface area contributed by atoms with Crippen LogP contribution in [-0.2, 0) is 13.0 Å². The number of nitrogens with one attached hydrogen (secondary N) is 1. The van der Waals surface area contributed by atoms with E-state index in [9.17, 15) is 0 Å². The number of pyridine rings is 2. The van der Waals surface area contributed by atoms with Crippen molar-refractivity contribution in [3.8, 4) is 0 Å². The van der Waals surface area contributed by atoms with E-state index in [-0.39, 0.29) is 6.04 Å². The number of nitrogens with zero attached hydrogens (tertiary/aromatic N) is 2. The van der Waals surface area contributed by atoms with Gasteiger partial charge in [-0.05, 0) is 29.3 Å². The lowest BCUT2D eigenvalue weighted by Crippen LogP contribution is -2.23. The van der Waals surface area contributed by atoms with Gasteiger partial charge >= 0.3 is 0 Å². The number of para-hydroxylation sites is 1. The predicted octanol–water partition coefficient (Wildman–Crippen LogP) is 4.70. The second-order valence-corrected chi connectivity index (χ2v) is 6.36. The zero-order chi connectivity index (χ0) is 17.6. The van der Waals surface area contributed by atoms with E-state index in [0.717, 1.165) is 24.2 Å². The molecule has 1 N–H and O–H groups in total. The van der Waals surface area contributed by atoms with Crippen molar-refractivity contribution in [1.29, 1.82) is 0 Å². The zero-order valence-electron chi connectivity index (χ0n) is 14.5. The molecule has 0 radical (unpaired) electrons. The molecule has 0 bridgehead atoms. The van der Waals surface area contributed by atoms with E-state index in [1.165, 1.54) is 16.5 Å². The highest BCUT2D eigenvalue weighted by Crippen LogP contribution is 2.20. The van der Waals surface area contributed by atoms with Gasteiger partial charge in [0, 0.05) is 42.5 Å². The molecule has 0 fully saturated rings. The first-order valence-electron chi connectivity index (χ1n) is 8.91. The lowest BCUT2D eigenvalue weighted by molar-refractivity contribution is 0.526. The van der Waals surface area contributed by atoms with Crippen molar-refractivity contribution in [2.75, 3.05) is 0 Å². The molecule has 26 heavy (non-hydrogen) atoms. The summed E-state index contributed by atoms with van der Waals surface area (Å²) in [6.07, 6.45) is 4.56. The second-order valence-electron chi connectivity index (χ2n) is 6.36. The minimum absolute atomic E-state index is 0.199. The highest BCUT2D eigenvalue weighted by Gasteiger charge is 2.13. The Morgan fingerprint density at radius 3 is 2.38 bits per heavy atom. The normalized spacial score (nSPS) is 12.2. The lowest BCUT2D eigenvalue weighted by atomic mass is 10.0. The van der Waals surface area contributed by atoms with Gasteiger partial charge in [0.15, 0.2) is 0 Å². The van der Waals surface area contributed by atoms with E-state index in [2.05, 4.69) is 75.9 Å². The summed E-state index contributed by atoms with van der Waals surface area (Å²) < 4.78 is 0. The van der Waals surface area contributed by atoms with Gasteiger partial charge in [0.25, 0.3) is 0 Å². The van der Waals surface area contributed by atoms with Crippen LogP contribution in [-0.4, -0.2) is 9.97 Å². The fraction of sp³-hybridized carbons (Fsp3) is 0.130. The minimum Gasteiger partial charge on any atom is -0.305 e. The Balaban J connectivity index is 1.58. The summed E-state index contributed by atoms with van der Waals surface area (Å²) in [5.74, 6) is 0. The van der Waals surface area contributed by atoms with Gasteiger partial charge in [-0.2, -0.15) is 0 Å². The molecule has 0 saturated heterocycles. The Bertz CT molecular complexity index is 963. The molecule has 0 aliphatic carbocycles. The molecule has 2 heterocycles. The average molecular weight is 339 g/mol. The number of benzene rings is 2. The molecule has 1 atom stereocenters. The van der Waals surface area contributed by atoms with E-state index in [1.54, 1.807) is 0 Å². The molecule has 0 saturated carbocycles. The third-order valence-electron chi connectivity index (χ3n) is 4.60. The molecule has 0 amide bonds. The molecule has 0 aliphatic rings. The summed E-state index contributed by atoms with van der Waals surface area (Å²) in [7, 11) is 0. The van der Waals surface area contributed by atoms with Crippen LogP contribution >= 0.6 is 0 Å². The van der Waals surface area contributed by atoms with E-state index in [0.29, 0.717) is 0 Å². The van der Waals surface area contributed by atoms with Crippen LogP contribution in [0.2, 0.25) is 0 Å². The zero-order valence-corrected chi connectivity index (χ0v) is 14.5. The quantitative estimate of drug-likeness (QED) is 0.553.